The Morgan fingerprint density at radius 1 is 1.10 bits per heavy atom. The molecule has 0 radical (unpaired) electrons. The minimum Gasteiger partial charge on any atom is -0.489 e. The van der Waals surface area contributed by atoms with E-state index in [1.165, 1.54) is 5.56 Å². The molecular weight excluding hydrogens is 246 g/mol. The molecule has 0 amide bonds. The zero-order chi connectivity index (χ0) is 15.3. The standard InChI is InChI=1S/C18H31NO/c1-13(2)15(4)16-9-8-10-17(11-16)20-14(3)12-19-18(5,6)7/h8-11,13-15,19H,12H2,1-7H3/t14-,15-/m0/s1. The van der Waals surface area contributed by atoms with Crippen LogP contribution in [0.5, 0.6) is 5.75 Å². The molecule has 0 saturated carbocycles. The topological polar surface area (TPSA) is 21.3 Å². The largest absolute Gasteiger partial charge is 0.489 e. The van der Waals surface area contributed by atoms with Crippen LogP contribution in [0, 0.1) is 5.92 Å². The molecule has 20 heavy (non-hydrogen) atoms. The first kappa shape index (κ1) is 17.0. The second-order valence-corrected chi connectivity index (χ2v) is 7.16. The maximum absolute atomic E-state index is 6.02. The van der Waals surface area contributed by atoms with Crippen molar-refractivity contribution in [3.8, 4) is 5.75 Å². The Kier molecular flexibility index (Phi) is 6.07. The molecule has 114 valence electrons. The molecule has 0 aromatic heterocycles. The fourth-order valence-electron chi connectivity index (χ4n) is 1.98. The van der Waals surface area contributed by atoms with Gasteiger partial charge in [0.1, 0.15) is 11.9 Å². The van der Waals surface area contributed by atoms with E-state index in [2.05, 4.69) is 72.0 Å². The van der Waals surface area contributed by atoms with Crippen LogP contribution in [-0.4, -0.2) is 18.2 Å². The summed E-state index contributed by atoms with van der Waals surface area (Å²) in [6, 6.07) is 8.51. The molecule has 2 nitrogen and oxygen atoms in total. The molecule has 2 heteroatoms. The van der Waals surface area contributed by atoms with E-state index in [1.54, 1.807) is 0 Å². The van der Waals surface area contributed by atoms with Gasteiger partial charge >= 0.3 is 0 Å². The van der Waals surface area contributed by atoms with Crippen LogP contribution in [0.3, 0.4) is 0 Å². The molecule has 1 rings (SSSR count). The van der Waals surface area contributed by atoms with Gasteiger partial charge in [-0.2, -0.15) is 0 Å². The van der Waals surface area contributed by atoms with Crippen LogP contribution < -0.4 is 10.1 Å². The lowest BCUT2D eigenvalue weighted by molar-refractivity contribution is 0.203. The van der Waals surface area contributed by atoms with E-state index in [0.29, 0.717) is 11.8 Å². The molecule has 0 bridgehead atoms. The van der Waals surface area contributed by atoms with Gasteiger partial charge in [0.25, 0.3) is 0 Å². The number of hydrogen-bond donors (Lipinski definition) is 1. The first-order valence-corrected chi connectivity index (χ1v) is 7.70. The van der Waals surface area contributed by atoms with E-state index in [9.17, 15) is 0 Å². The fourth-order valence-corrected chi connectivity index (χ4v) is 1.98. The molecular formula is C18H31NO. The highest BCUT2D eigenvalue weighted by molar-refractivity contribution is 5.31. The van der Waals surface area contributed by atoms with Crippen LogP contribution >= 0.6 is 0 Å². The molecule has 0 aliphatic rings. The van der Waals surface area contributed by atoms with Crippen molar-refractivity contribution in [1.29, 1.82) is 0 Å². The number of hydrogen-bond acceptors (Lipinski definition) is 2. The summed E-state index contributed by atoms with van der Waals surface area (Å²) in [6.07, 6.45) is 0.166. The van der Waals surface area contributed by atoms with Gasteiger partial charge in [0.2, 0.25) is 0 Å². The lowest BCUT2D eigenvalue weighted by Gasteiger charge is -2.24. The predicted octanol–water partition coefficient (Wildman–Crippen LogP) is 4.60. The van der Waals surface area contributed by atoms with Crippen molar-refractivity contribution < 1.29 is 4.74 Å². The third-order valence-electron chi connectivity index (χ3n) is 3.64. The Bertz CT molecular complexity index is 406. The van der Waals surface area contributed by atoms with Gasteiger partial charge in [-0.15, -0.1) is 0 Å². The van der Waals surface area contributed by atoms with Crippen molar-refractivity contribution in [2.45, 2.75) is 66.0 Å². The predicted molar refractivity (Wildman–Crippen MR) is 87.5 cm³/mol. The molecule has 1 N–H and O–H groups in total. The van der Waals surface area contributed by atoms with Crippen molar-refractivity contribution in [1.82, 2.24) is 5.32 Å². The van der Waals surface area contributed by atoms with Gasteiger partial charge < -0.3 is 10.1 Å². The van der Waals surface area contributed by atoms with E-state index in [4.69, 9.17) is 4.74 Å². The minimum absolute atomic E-state index is 0.131. The summed E-state index contributed by atoms with van der Waals surface area (Å²) >= 11 is 0. The molecule has 1 aromatic rings. The summed E-state index contributed by atoms with van der Waals surface area (Å²) in [5.74, 6) is 2.17. The van der Waals surface area contributed by atoms with Gasteiger partial charge in [0, 0.05) is 12.1 Å². The lowest BCUT2D eigenvalue weighted by atomic mass is 9.90. The highest BCUT2D eigenvalue weighted by Crippen LogP contribution is 2.26. The zero-order valence-corrected chi connectivity index (χ0v) is 14.2. The summed E-state index contributed by atoms with van der Waals surface area (Å²) in [4.78, 5) is 0. The zero-order valence-electron chi connectivity index (χ0n) is 14.2. The summed E-state index contributed by atoms with van der Waals surface area (Å²) in [5.41, 5.74) is 1.49. The Labute approximate surface area is 124 Å². The fraction of sp³-hybridized carbons (Fsp3) is 0.667. The molecule has 1 aromatic carbocycles. The average Bonchev–Trinajstić information content (AvgIpc) is 2.35. The van der Waals surface area contributed by atoms with Crippen LogP contribution in [0.25, 0.3) is 0 Å². The monoisotopic (exact) mass is 277 g/mol. The molecule has 0 saturated heterocycles. The average molecular weight is 277 g/mol. The minimum atomic E-state index is 0.131. The van der Waals surface area contributed by atoms with Crippen LogP contribution in [0.15, 0.2) is 24.3 Å². The number of benzene rings is 1. The first-order chi connectivity index (χ1) is 9.19. The van der Waals surface area contributed by atoms with Gasteiger partial charge in [0.05, 0.1) is 0 Å². The maximum atomic E-state index is 6.02. The molecule has 0 heterocycles. The normalized spacial score (nSPS) is 15.2. The van der Waals surface area contributed by atoms with Gasteiger partial charge in [-0.3, -0.25) is 0 Å². The quantitative estimate of drug-likeness (QED) is 0.820. The van der Waals surface area contributed by atoms with Crippen molar-refractivity contribution in [2.75, 3.05) is 6.54 Å². The first-order valence-electron chi connectivity index (χ1n) is 7.70. The molecule has 0 unspecified atom stereocenters. The van der Waals surface area contributed by atoms with Crippen LogP contribution in [0.2, 0.25) is 0 Å². The number of nitrogens with one attached hydrogen (secondary N) is 1. The molecule has 0 spiro atoms. The van der Waals surface area contributed by atoms with Gasteiger partial charge in [0.15, 0.2) is 0 Å². The van der Waals surface area contributed by atoms with E-state index in [-0.39, 0.29) is 11.6 Å². The van der Waals surface area contributed by atoms with Crippen molar-refractivity contribution in [3.05, 3.63) is 29.8 Å². The Morgan fingerprint density at radius 2 is 1.75 bits per heavy atom. The van der Waals surface area contributed by atoms with E-state index in [0.717, 1.165) is 12.3 Å². The van der Waals surface area contributed by atoms with Crippen molar-refractivity contribution >= 4 is 0 Å². The van der Waals surface area contributed by atoms with Crippen molar-refractivity contribution in [2.24, 2.45) is 5.92 Å². The Morgan fingerprint density at radius 3 is 2.30 bits per heavy atom. The number of ether oxygens (including phenoxy) is 1. The van der Waals surface area contributed by atoms with Crippen molar-refractivity contribution in [3.63, 3.8) is 0 Å². The molecule has 0 aliphatic carbocycles. The smallest absolute Gasteiger partial charge is 0.120 e. The van der Waals surface area contributed by atoms with Crippen LogP contribution in [0.4, 0.5) is 0 Å². The summed E-state index contributed by atoms with van der Waals surface area (Å²) in [5, 5.41) is 3.47. The third-order valence-corrected chi connectivity index (χ3v) is 3.64. The van der Waals surface area contributed by atoms with Gasteiger partial charge in [-0.25, -0.2) is 0 Å². The SMILES string of the molecule is CC(C)[C@H](C)c1cccc(O[C@@H](C)CNC(C)(C)C)c1. The Hall–Kier alpha value is -1.02. The van der Waals surface area contributed by atoms with Gasteiger partial charge in [-0.05, 0) is 57.2 Å². The van der Waals surface area contributed by atoms with Gasteiger partial charge in [-0.1, -0.05) is 32.9 Å². The van der Waals surface area contributed by atoms with E-state index < -0.39 is 0 Å². The third kappa shape index (κ3) is 5.96. The molecule has 0 fully saturated rings. The Balaban J connectivity index is 2.62. The maximum Gasteiger partial charge on any atom is 0.120 e. The second-order valence-electron chi connectivity index (χ2n) is 7.16. The lowest BCUT2D eigenvalue weighted by Crippen LogP contribution is -2.41. The molecule has 0 aliphatic heterocycles. The second kappa shape index (κ2) is 7.12. The van der Waals surface area contributed by atoms with Crippen LogP contribution in [0.1, 0.15) is 59.9 Å². The van der Waals surface area contributed by atoms with Crippen LogP contribution in [-0.2, 0) is 0 Å². The molecule has 2 atom stereocenters. The summed E-state index contributed by atoms with van der Waals surface area (Å²) < 4.78 is 6.02. The van der Waals surface area contributed by atoms with E-state index in [1.807, 2.05) is 6.07 Å². The van der Waals surface area contributed by atoms with E-state index >= 15 is 0 Å². The number of rotatable bonds is 6. The summed E-state index contributed by atoms with van der Waals surface area (Å²) in [6.45, 7) is 16.3. The summed E-state index contributed by atoms with van der Waals surface area (Å²) in [7, 11) is 0. The highest BCUT2D eigenvalue weighted by Gasteiger charge is 2.13. The highest BCUT2D eigenvalue weighted by atomic mass is 16.5.